The molecule has 2 aliphatic heterocycles. The molecule has 140 valence electrons. The second kappa shape index (κ2) is 6.87. The van der Waals surface area contributed by atoms with Gasteiger partial charge in [0.05, 0.1) is 12.6 Å². The van der Waals surface area contributed by atoms with E-state index in [1.165, 1.54) is 0 Å². The van der Waals surface area contributed by atoms with Crippen molar-refractivity contribution in [3.63, 3.8) is 0 Å². The summed E-state index contributed by atoms with van der Waals surface area (Å²) >= 11 is 0. The highest BCUT2D eigenvalue weighted by Gasteiger charge is 2.41. The lowest BCUT2D eigenvalue weighted by Crippen LogP contribution is -2.53. The smallest absolute Gasteiger partial charge is 0.251 e. The lowest BCUT2D eigenvalue weighted by Gasteiger charge is -2.46. The van der Waals surface area contributed by atoms with Crippen LogP contribution in [-0.4, -0.2) is 47.5 Å². The minimum absolute atomic E-state index is 0.0107. The third-order valence-corrected chi connectivity index (χ3v) is 6.21. The molecule has 3 atom stereocenters. The number of nitrogens with two attached hydrogens (primary N) is 1. The first-order valence-electron chi connectivity index (χ1n) is 9.52. The number of fused-ring (bicyclic) bond motifs is 4. The van der Waals surface area contributed by atoms with Gasteiger partial charge in [-0.1, -0.05) is 12.5 Å². The van der Waals surface area contributed by atoms with Gasteiger partial charge in [-0.2, -0.15) is 0 Å². The summed E-state index contributed by atoms with van der Waals surface area (Å²) in [6.07, 6.45) is 4.02. The zero-order valence-electron chi connectivity index (χ0n) is 14.9. The quantitative estimate of drug-likeness (QED) is 0.786. The van der Waals surface area contributed by atoms with Gasteiger partial charge in [0.1, 0.15) is 0 Å². The molecule has 26 heavy (non-hydrogen) atoms. The number of carbonyl (C=O) groups is 2. The lowest BCUT2D eigenvalue weighted by molar-refractivity contribution is -0.127. The molecule has 0 aromatic carbocycles. The highest BCUT2D eigenvalue weighted by atomic mass is 16.2. The Labute approximate surface area is 152 Å². The van der Waals surface area contributed by atoms with Crippen LogP contribution in [0.15, 0.2) is 23.0 Å². The Morgan fingerprint density at radius 2 is 2.04 bits per heavy atom. The summed E-state index contributed by atoms with van der Waals surface area (Å²) in [4.78, 5) is 38.3. The first-order valence-corrected chi connectivity index (χ1v) is 9.52. The van der Waals surface area contributed by atoms with Crippen molar-refractivity contribution in [2.75, 3.05) is 26.2 Å². The van der Waals surface area contributed by atoms with Gasteiger partial charge in [0, 0.05) is 43.2 Å². The summed E-state index contributed by atoms with van der Waals surface area (Å²) in [6, 6.07) is 5.31. The maximum Gasteiger partial charge on any atom is 0.251 e. The van der Waals surface area contributed by atoms with Crippen LogP contribution in [-0.2, 0) is 9.59 Å². The normalized spacial score (nSPS) is 28.1. The summed E-state index contributed by atoms with van der Waals surface area (Å²) in [7, 11) is 0. The van der Waals surface area contributed by atoms with Crippen LogP contribution in [0.25, 0.3) is 0 Å². The molecule has 0 unspecified atom stereocenters. The molecule has 3 N–H and O–H groups in total. The van der Waals surface area contributed by atoms with Gasteiger partial charge in [-0.05, 0) is 31.2 Å². The molecule has 1 aliphatic carbocycles. The monoisotopic (exact) mass is 358 g/mol. The molecule has 4 rings (SSSR count). The minimum atomic E-state index is -0.328. The van der Waals surface area contributed by atoms with E-state index >= 15 is 0 Å². The molecule has 3 heterocycles. The number of amides is 2. The van der Waals surface area contributed by atoms with Crippen LogP contribution >= 0.6 is 0 Å². The molecule has 2 fully saturated rings. The second-order valence-electron chi connectivity index (χ2n) is 7.95. The van der Waals surface area contributed by atoms with Gasteiger partial charge in [-0.3, -0.25) is 19.3 Å². The molecule has 2 amide bonds. The SMILES string of the molecule is NC(=O)CN1C[C@H]2C[C@@H](C1)[C@H](CNC(=O)C1CCC1)n1c2cccc1=O. The predicted octanol–water partition coefficient (Wildman–Crippen LogP) is 0.210. The van der Waals surface area contributed by atoms with E-state index in [0.29, 0.717) is 6.54 Å². The average Bonchev–Trinajstić information content (AvgIpc) is 2.53. The number of likely N-dealkylation sites (tertiary alicyclic amines) is 1. The average molecular weight is 358 g/mol. The number of nitrogens with zero attached hydrogens (tertiary/aromatic N) is 2. The van der Waals surface area contributed by atoms with Crippen molar-refractivity contribution in [1.82, 2.24) is 14.8 Å². The number of aromatic nitrogens is 1. The second-order valence-corrected chi connectivity index (χ2v) is 7.95. The molecule has 1 saturated heterocycles. The van der Waals surface area contributed by atoms with E-state index in [1.54, 1.807) is 12.1 Å². The van der Waals surface area contributed by atoms with Crippen LogP contribution in [0.5, 0.6) is 0 Å². The van der Waals surface area contributed by atoms with Crippen molar-refractivity contribution in [3.05, 3.63) is 34.2 Å². The summed E-state index contributed by atoms with van der Waals surface area (Å²) in [6.45, 7) is 2.17. The van der Waals surface area contributed by atoms with Crippen LogP contribution in [0.3, 0.4) is 0 Å². The Morgan fingerprint density at radius 3 is 2.73 bits per heavy atom. The molecule has 0 radical (unpaired) electrons. The lowest BCUT2D eigenvalue weighted by atomic mass is 9.78. The summed E-state index contributed by atoms with van der Waals surface area (Å²) in [5.74, 6) is 0.359. The number of pyridine rings is 1. The van der Waals surface area contributed by atoms with E-state index in [2.05, 4.69) is 10.2 Å². The molecule has 1 aromatic heterocycles. The predicted molar refractivity (Wildman–Crippen MR) is 96.6 cm³/mol. The van der Waals surface area contributed by atoms with Crippen LogP contribution in [0.4, 0.5) is 0 Å². The standard InChI is InChI=1S/C19H26N4O3/c20-17(24)11-22-9-13-7-14(10-22)16(8-21-19(26)12-3-1-4-12)23-15(13)5-2-6-18(23)25/h2,5-6,12-14,16H,1,3-4,7-11H2,(H2,20,24)(H,21,26)/t13-,14+,16+/m1/s1. The molecular formula is C19H26N4O3. The molecule has 1 saturated carbocycles. The zero-order chi connectivity index (χ0) is 18.3. The van der Waals surface area contributed by atoms with Crippen molar-refractivity contribution in [2.45, 2.75) is 37.6 Å². The van der Waals surface area contributed by atoms with Crippen LogP contribution < -0.4 is 16.6 Å². The number of hydrogen-bond acceptors (Lipinski definition) is 4. The maximum absolute atomic E-state index is 12.6. The Hall–Kier alpha value is -2.15. The van der Waals surface area contributed by atoms with E-state index in [1.807, 2.05) is 10.6 Å². The van der Waals surface area contributed by atoms with Crippen molar-refractivity contribution >= 4 is 11.8 Å². The fourth-order valence-corrected chi connectivity index (χ4v) is 4.77. The van der Waals surface area contributed by atoms with Gasteiger partial charge in [0.2, 0.25) is 11.8 Å². The number of piperidine rings is 1. The van der Waals surface area contributed by atoms with Gasteiger partial charge in [-0.25, -0.2) is 0 Å². The first kappa shape index (κ1) is 17.3. The Bertz CT molecular complexity index is 770. The van der Waals surface area contributed by atoms with E-state index in [-0.39, 0.29) is 47.7 Å². The largest absolute Gasteiger partial charge is 0.369 e. The van der Waals surface area contributed by atoms with Gasteiger partial charge in [0.15, 0.2) is 0 Å². The highest BCUT2D eigenvalue weighted by Crippen LogP contribution is 2.40. The molecule has 1 aromatic rings. The molecule has 3 aliphatic rings. The number of nitrogens with one attached hydrogen (secondary N) is 1. The fraction of sp³-hybridized carbons (Fsp3) is 0.632. The summed E-state index contributed by atoms with van der Waals surface area (Å²) in [5.41, 5.74) is 6.38. The molecule has 0 spiro atoms. The van der Waals surface area contributed by atoms with Crippen LogP contribution in [0.2, 0.25) is 0 Å². The molecule has 2 bridgehead atoms. The number of carbonyl (C=O) groups excluding carboxylic acids is 2. The van der Waals surface area contributed by atoms with E-state index in [0.717, 1.165) is 44.5 Å². The van der Waals surface area contributed by atoms with Crippen molar-refractivity contribution < 1.29 is 9.59 Å². The van der Waals surface area contributed by atoms with Gasteiger partial charge >= 0.3 is 0 Å². The highest BCUT2D eigenvalue weighted by molar-refractivity contribution is 5.79. The molecular weight excluding hydrogens is 332 g/mol. The first-order chi connectivity index (χ1) is 12.5. The van der Waals surface area contributed by atoms with Gasteiger partial charge < -0.3 is 15.6 Å². The van der Waals surface area contributed by atoms with E-state index in [9.17, 15) is 14.4 Å². The third-order valence-electron chi connectivity index (χ3n) is 6.21. The maximum atomic E-state index is 12.6. The summed E-state index contributed by atoms with van der Waals surface area (Å²) in [5, 5.41) is 3.07. The summed E-state index contributed by atoms with van der Waals surface area (Å²) < 4.78 is 1.88. The zero-order valence-corrected chi connectivity index (χ0v) is 14.9. The van der Waals surface area contributed by atoms with Gasteiger partial charge in [0.25, 0.3) is 5.56 Å². The minimum Gasteiger partial charge on any atom is -0.369 e. The van der Waals surface area contributed by atoms with Crippen LogP contribution in [0, 0.1) is 11.8 Å². The number of primary amides is 1. The van der Waals surface area contributed by atoms with Crippen LogP contribution in [0.1, 0.15) is 43.3 Å². The topological polar surface area (TPSA) is 97.4 Å². The van der Waals surface area contributed by atoms with E-state index < -0.39 is 0 Å². The third kappa shape index (κ3) is 3.16. The molecule has 7 heteroatoms. The van der Waals surface area contributed by atoms with E-state index in [4.69, 9.17) is 5.73 Å². The Morgan fingerprint density at radius 1 is 1.23 bits per heavy atom. The fourth-order valence-electron chi connectivity index (χ4n) is 4.77. The van der Waals surface area contributed by atoms with Crippen molar-refractivity contribution in [3.8, 4) is 0 Å². The Balaban J connectivity index is 1.58. The Kier molecular flexibility index (Phi) is 4.56. The number of rotatable bonds is 5. The van der Waals surface area contributed by atoms with Crippen molar-refractivity contribution in [1.29, 1.82) is 0 Å². The van der Waals surface area contributed by atoms with Gasteiger partial charge in [-0.15, -0.1) is 0 Å². The number of hydrogen-bond donors (Lipinski definition) is 2. The molecule has 7 nitrogen and oxygen atoms in total. The van der Waals surface area contributed by atoms with Crippen molar-refractivity contribution in [2.24, 2.45) is 17.6 Å².